The molecule has 1 aliphatic carbocycles. The third kappa shape index (κ3) is 6.23. The van der Waals surface area contributed by atoms with E-state index in [1.54, 1.807) is 0 Å². The fraction of sp³-hybridized carbons (Fsp3) is 0.857. The molecule has 0 bridgehead atoms. The van der Waals surface area contributed by atoms with Crippen molar-refractivity contribution < 1.29 is 19.4 Å². The number of carboxylic acid groups (broad SMARTS) is 1. The number of hydrogen-bond donors (Lipinski definition) is 3. The van der Waals surface area contributed by atoms with Crippen LogP contribution in [0.1, 0.15) is 33.1 Å². The number of carbonyl (C=O) groups is 2. The Morgan fingerprint density at radius 2 is 2.05 bits per heavy atom. The van der Waals surface area contributed by atoms with Gasteiger partial charge in [-0.1, -0.05) is 20.3 Å². The topological polar surface area (TPSA) is 87.7 Å². The van der Waals surface area contributed by atoms with Gasteiger partial charge in [-0.05, 0) is 24.7 Å². The summed E-state index contributed by atoms with van der Waals surface area (Å²) in [6.07, 6.45) is 2.51. The smallest absolute Gasteiger partial charge is 0.314 e. The van der Waals surface area contributed by atoms with Gasteiger partial charge in [0.1, 0.15) is 0 Å². The van der Waals surface area contributed by atoms with Crippen LogP contribution in [0.4, 0.5) is 4.79 Å². The summed E-state index contributed by atoms with van der Waals surface area (Å²) in [6.45, 7) is 6.21. The minimum Gasteiger partial charge on any atom is -0.481 e. The van der Waals surface area contributed by atoms with Gasteiger partial charge >= 0.3 is 12.0 Å². The number of ether oxygens (including phenoxy) is 1. The van der Waals surface area contributed by atoms with Crippen LogP contribution in [-0.4, -0.2) is 43.4 Å². The Labute approximate surface area is 120 Å². The maximum absolute atomic E-state index is 11.5. The van der Waals surface area contributed by atoms with Gasteiger partial charge in [-0.3, -0.25) is 4.79 Å². The number of amides is 2. The molecule has 2 unspecified atom stereocenters. The molecule has 1 saturated carbocycles. The maximum Gasteiger partial charge on any atom is 0.314 e. The Morgan fingerprint density at radius 3 is 2.70 bits per heavy atom. The van der Waals surface area contributed by atoms with Crippen molar-refractivity contribution in [3.63, 3.8) is 0 Å². The van der Waals surface area contributed by atoms with Crippen molar-refractivity contribution in [2.24, 2.45) is 17.8 Å². The van der Waals surface area contributed by atoms with E-state index in [4.69, 9.17) is 9.84 Å². The minimum atomic E-state index is -0.753. The highest BCUT2D eigenvalue weighted by Gasteiger charge is 2.32. The van der Waals surface area contributed by atoms with Gasteiger partial charge in [0.15, 0.2) is 0 Å². The van der Waals surface area contributed by atoms with Gasteiger partial charge in [0.25, 0.3) is 0 Å². The number of carbonyl (C=O) groups excluding carboxylic acids is 1. The fourth-order valence-corrected chi connectivity index (χ4v) is 2.45. The third-order valence-corrected chi connectivity index (χ3v) is 3.48. The molecule has 0 spiro atoms. The lowest BCUT2D eigenvalue weighted by Crippen LogP contribution is -2.41. The summed E-state index contributed by atoms with van der Waals surface area (Å²) in [5.41, 5.74) is 0. The van der Waals surface area contributed by atoms with E-state index in [0.717, 1.165) is 12.8 Å². The molecule has 1 rings (SSSR count). The molecule has 6 nitrogen and oxygen atoms in total. The predicted octanol–water partition coefficient (Wildman–Crippen LogP) is 1.46. The van der Waals surface area contributed by atoms with Crippen LogP contribution in [-0.2, 0) is 9.53 Å². The van der Waals surface area contributed by atoms with E-state index < -0.39 is 5.97 Å². The Hall–Kier alpha value is -1.30. The highest BCUT2D eigenvalue weighted by molar-refractivity contribution is 5.74. The summed E-state index contributed by atoms with van der Waals surface area (Å²) < 4.78 is 5.35. The third-order valence-electron chi connectivity index (χ3n) is 3.48. The Morgan fingerprint density at radius 1 is 1.30 bits per heavy atom. The molecular formula is C14H26N2O4. The number of aliphatic carboxylic acids is 1. The van der Waals surface area contributed by atoms with Crippen LogP contribution in [0.3, 0.4) is 0 Å². The molecule has 1 fully saturated rings. The summed E-state index contributed by atoms with van der Waals surface area (Å²) in [5.74, 6) is -0.531. The van der Waals surface area contributed by atoms with Crippen LogP contribution in [0.5, 0.6) is 0 Å². The van der Waals surface area contributed by atoms with E-state index in [1.807, 2.05) is 0 Å². The van der Waals surface area contributed by atoms with Crippen molar-refractivity contribution in [1.29, 1.82) is 0 Å². The number of nitrogens with one attached hydrogen (secondary N) is 2. The molecule has 0 aromatic carbocycles. The molecule has 116 valence electrons. The summed E-state index contributed by atoms with van der Waals surface area (Å²) in [4.78, 5) is 22.6. The summed E-state index contributed by atoms with van der Waals surface area (Å²) in [5, 5.41) is 14.5. The lowest BCUT2D eigenvalue weighted by Gasteiger charge is -2.16. The monoisotopic (exact) mass is 286 g/mol. The van der Waals surface area contributed by atoms with Gasteiger partial charge in [-0.25, -0.2) is 4.79 Å². The highest BCUT2D eigenvalue weighted by atomic mass is 16.5. The number of carboxylic acids is 1. The van der Waals surface area contributed by atoms with Gasteiger partial charge in [0.05, 0.1) is 12.5 Å². The predicted molar refractivity (Wildman–Crippen MR) is 75.5 cm³/mol. The van der Waals surface area contributed by atoms with Gasteiger partial charge in [0, 0.05) is 19.7 Å². The lowest BCUT2D eigenvalue weighted by molar-refractivity contribution is -0.142. The number of rotatable bonds is 8. The molecule has 0 saturated heterocycles. The average Bonchev–Trinajstić information content (AvgIpc) is 2.84. The summed E-state index contributed by atoms with van der Waals surface area (Å²) in [6, 6.07) is -0.255. The van der Waals surface area contributed by atoms with Crippen LogP contribution < -0.4 is 10.6 Å². The van der Waals surface area contributed by atoms with Gasteiger partial charge < -0.3 is 20.5 Å². The van der Waals surface area contributed by atoms with E-state index in [0.29, 0.717) is 38.6 Å². The average molecular weight is 286 g/mol. The molecule has 0 aromatic rings. The van der Waals surface area contributed by atoms with E-state index >= 15 is 0 Å². The lowest BCUT2D eigenvalue weighted by atomic mass is 9.96. The molecule has 0 heterocycles. The fourth-order valence-electron chi connectivity index (χ4n) is 2.45. The normalized spacial score (nSPS) is 21.9. The second kappa shape index (κ2) is 8.79. The summed E-state index contributed by atoms with van der Waals surface area (Å²) >= 11 is 0. The first kappa shape index (κ1) is 16.8. The van der Waals surface area contributed by atoms with E-state index in [-0.39, 0.29) is 17.9 Å². The molecule has 6 heteroatoms. The second-order valence-electron chi connectivity index (χ2n) is 5.74. The van der Waals surface area contributed by atoms with Crippen molar-refractivity contribution in [2.75, 3.05) is 26.3 Å². The van der Waals surface area contributed by atoms with Crippen molar-refractivity contribution >= 4 is 12.0 Å². The number of urea groups is 1. The largest absolute Gasteiger partial charge is 0.481 e. The van der Waals surface area contributed by atoms with Gasteiger partial charge in [0.2, 0.25) is 0 Å². The zero-order valence-electron chi connectivity index (χ0n) is 12.4. The molecule has 1 aliphatic rings. The van der Waals surface area contributed by atoms with Crippen LogP contribution in [0, 0.1) is 17.8 Å². The molecule has 20 heavy (non-hydrogen) atoms. The quantitative estimate of drug-likeness (QED) is 0.589. The summed E-state index contributed by atoms with van der Waals surface area (Å²) in [7, 11) is 0. The molecule has 0 aliphatic heterocycles. The first-order chi connectivity index (χ1) is 9.50. The Balaban J connectivity index is 2.09. The van der Waals surface area contributed by atoms with Crippen LogP contribution in [0.2, 0.25) is 0 Å². The molecule has 0 radical (unpaired) electrons. The SMILES string of the molecule is CC(C)COCCNC(=O)NCC1CCCC1C(=O)O. The van der Waals surface area contributed by atoms with Crippen LogP contribution >= 0.6 is 0 Å². The second-order valence-corrected chi connectivity index (χ2v) is 5.74. The zero-order chi connectivity index (χ0) is 15.0. The zero-order valence-corrected chi connectivity index (χ0v) is 12.4. The van der Waals surface area contributed by atoms with E-state index in [1.165, 1.54) is 0 Å². The van der Waals surface area contributed by atoms with Crippen LogP contribution in [0.15, 0.2) is 0 Å². The molecule has 0 aromatic heterocycles. The van der Waals surface area contributed by atoms with Crippen molar-refractivity contribution in [3.05, 3.63) is 0 Å². The molecule has 3 N–H and O–H groups in total. The number of hydrogen-bond acceptors (Lipinski definition) is 3. The van der Waals surface area contributed by atoms with E-state index in [2.05, 4.69) is 24.5 Å². The Kier molecular flexibility index (Phi) is 7.36. The van der Waals surface area contributed by atoms with E-state index in [9.17, 15) is 9.59 Å². The van der Waals surface area contributed by atoms with Crippen molar-refractivity contribution in [3.8, 4) is 0 Å². The maximum atomic E-state index is 11.5. The Bertz CT molecular complexity index is 320. The molecule has 2 amide bonds. The van der Waals surface area contributed by atoms with Gasteiger partial charge in [-0.15, -0.1) is 0 Å². The first-order valence-corrected chi connectivity index (χ1v) is 7.33. The molecular weight excluding hydrogens is 260 g/mol. The van der Waals surface area contributed by atoms with Gasteiger partial charge in [-0.2, -0.15) is 0 Å². The first-order valence-electron chi connectivity index (χ1n) is 7.33. The highest BCUT2D eigenvalue weighted by Crippen LogP contribution is 2.31. The van der Waals surface area contributed by atoms with Crippen molar-refractivity contribution in [2.45, 2.75) is 33.1 Å². The standard InChI is InChI=1S/C14H26N2O4/c1-10(2)9-20-7-6-15-14(19)16-8-11-4-3-5-12(11)13(17)18/h10-12H,3-9H2,1-2H3,(H,17,18)(H2,15,16,19). The van der Waals surface area contributed by atoms with Crippen LogP contribution in [0.25, 0.3) is 0 Å². The van der Waals surface area contributed by atoms with Crippen molar-refractivity contribution in [1.82, 2.24) is 10.6 Å². The molecule has 2 atom stereocenters. The minimum absolute atomic E-state index is 0.0513.